The van der Waals surface area contributed by atoms with Crippen LogP contribution in [0.5, 0.6) is 0 Å². The van der Waals surface area contributed by atoms with E-state index >= 15 is 0 Å². The van der Waals surface area contributed by atoms with Crippen LogP contribution in [0.15, 0.2) is 30.5 Å². The number of H-pyrrole nitrogens is 1. The molecule has 1 aromatic carbocycles. The number of imidazole rings is 1. The summed E-state index contributed by atoms with van der Waals surface area (Å²) in [5.74, 6) is -0.256. The Morgan fingerprint density at radius 1 is 1.37 bits per heavy atom. The monoisotopic (exact) mass is 276 g/mol. The Morgan fingerprint density at radius 3 is 2.95 bits per heavy atom. The van der Waals surface area contributed by atoms with Crippen molar-refractivity contribution in [3.05, 3.63) is 46.7 Å². The summed E-state index contributed by atoms with van der Waals surface area (Å²) in [6, 6.07) is 6.60. The highest BCUT2D eigenvalue weighted by Crippen LogP contribution is 2.16. The Morgan fingerprint density at radius 2 is 2.21 bits per heavy atom. The molecule has 0 unspecified atom stereocenters. The molecular formula is C13H13FN4S. The second kappa shape index (κ2) is 4.62. The van der Waals surface area contributed by atoms with Crippen molar-refractivity contribution in [2.24, 2.45) is 7.05 Å². The lowest BCUT2D eigenvalue weighted by molar-refractivity contribution is 0.626. The number of halogens is 1. The average Bonchev–Trinajstić information content (AvgIpc) is 2.90. The number of aromatic nitrogens is 4. The van der Waals surface area contributed by atoms with Crippen molar-refractivity contribution in [3.63, 3.8) is 0 Å². The number of nitrogens with zero attached hydrogens (tertiary/aromatic N) is 3. The number of nitrogens with one attached hydrogen (secondary N) is 1. The van der Waals surface area contributed by atoms with Crippen LogP contribution in [-0.2, 0) is 20.0 Å². The van der Waals surface area contributed by atoms with Gasteiger partial charge in [-0.15, -0.1) is 0 Å². The Labute approximate surface area is 114 Å². The summed E-state index contributed by atoms with van der Waals surface area (Å²) in [7, 11) is 1.89. The number of hydrogen-bond acceptors (Lipinski definition) is 2. The molecule has 4 nitrogen and oxygen atoms in total. The fourth-order valence-corrected chi connectivity index (χ4v) is 2.47. The van der Waals surface area contributed by atoms with Gasteiger partial charge in [0.25, 0.3) is 0 Å². The van der Waals surface area contributed by atoms with Crippen LogP contribution in [0, 0.1) is 10.6 Å². The number of hydrogen-bond donors (Lipinski definition) is 1. The van der Waals surface area contributed by atoms with Crippen molar-refractivity contribution in [1.29, 1.82) is 0 Å². The lowest BCUT2D eigenvalue weighted by Crippen LogP contribution is -2.02. The predicted octanol–water partition coefficient (Wildman–Crippen LogP) is 2.81. The zero-order valence-electron chi connectivity index (χ0n) is 10.4. The molecule has 0 aliphatic carbocycles. The zero-order valence-corrected chi connectivity index (χ0v) is 11.2. The molecule has 0 bridgehead atoms. The van der Waals surface area contributed by atoms with Crippen molar-refractivity contribution in [3.8, 4) is 0 Å². The van der Waals surface area contributed by atoms with Crippen LogP contribution in [0.3, 0.4) is 0 Å². The molecule has 98 valence electrons. The largest absolute Gasteiger partial charge is 0.331 e. The van der Waals surface area contributed by atoms with E-state index in [9.17, 15) is 4.39 Å². The first-order chi connectivity index (χ1) is 9.13. The Kier molecular flexibility index (Phi) is 2.94. The highest BCUT2D eigenvalue weighted by Gasteiger charge is 2.06. The zero-order chi connectivity index (χ0) is 13.4. The van der Waals surface area contributed by atoms with Crippen LogP contribution in [0.4, 0.5) is 4.39 Å². The number of benzene rings is 1. The summed E-state index contributed by atoms with van der Waals surface area (Å²) < 4.78 is 17.6. The number of aromatic amines is 1. The number of aryl methyl sites for hydroxylation is 3. The summed E-state index contributed by atoms with van der Waals surface area (Å²) in [5, 5.41) is 4.32. The van der Waals surface area contributed by atoms with Gasteiger partial charge in [-0.05, 0) is 36.5 Å². The van der Waals surface area contributed by atoms with E-state index in [-0.39, 0.29) is 5.82 Å². The van der Waals surface area contributed by atoms with E-state index < -0.39 is 0 Å². The van der Waals surface area contributed by atoms with E-state index in [0.717, 1.165) is 23.1 Å². The van der Waals surface area contributed by atoms with Crippen molar-refractivity contribution in [2.45, 2.75) is 13.0 Å². The summed E-state index contributed by atoms with van der Waals surface area (Å²) in [6.45, 7) is 0.680. The quantitative estimate of drug-likeness (QED) is 0.747. The lowest BCUT2D eigenvalue weighted by Gasteiger charge is -2.03. The van der Waals surface area contributed by atoms with Gasteiger partial charge in [-0.1, -0.05) is 0 Å². The highest BCUT2D eigenvalue weighted by atomic mass is 32.1. The first kappa shape index (κ1) is 12.1. The van der Waals surface area contributed by atoms with Gasteiger partial charge in [0.2, 0.25) is 0 Å². The van der Waals surface area contributed by atoms with Gasteiger partial charge in [0.05, 0.1) is 16.7 Å². The highest BCUT2D eigenvalue weighted by molar-refractivity contribution is 7.71. The van der Waals surface area contributed by atoms with Crippen molar-refractivity contribution >= 4 is 23.3 Å². The molecule has 0 aliphatic rings. The Balaban J connectivity index is 1.94. The minimum Gasteiger partial charge on any atom is -0.331 e. The van der Waals surface area contributed by atoms with Crippen molar-refractivity contribution in [1.82, 2.24) is 19.3 Å². The first-order valence-corrected chi connectivity index (χ1v) is 6.41. The van der Waals surface area contributed by atoms with Crippen molar-refractivity contribution < 1.29 is 4.39 Å². The molecule has 0 atom stereocenters. The Bertz CT molecular complexity index is 783. The van der Waals surface area contributed by atoms with Crippen molar-refractivity contribution in [2.75, 3.05) is 0 Å². The predicted molar refractivity (Wildman–Crippen MR) is 74.0 cm³/mol. The molecule has 1 N–H and O–H groups in total. The molecule has 3 aromatic rings. The van der Waals surface area contributed by atoms with E-state index in [1.54, 1.807) is 10.7 Å². The van der Waals surface area contributed by atoms with Gasteiger partial charge < -0.3 is 9.55 Å². The molecule has 0 aliphatic heterocycles. The minimum absolute atomic E-state index is 0.256. The van der Waals surface area contributed by atoms with Gasteiger partial charge in [-0.2, -0.15) is 5.10 Å². The van der Waals surface area contributed by atoms with E-state index in [4.69, 9.17) is 12.2 Å². The standard InChI is InChI=1S/C13H13FN4S/c1-17-6-4-10(16-17)5-7-18-12-8-9(14)2-3-11(12)15-13(18)19/h2-4,6,8H,5,7H2,1H3,(H,15,19). The van der Waals surface area contributed by atoms with E-state index in [1.165, 1.54) is 12.1 Å². The van der Waals surface area contributed by atoms with Crippen LogP contribution in [0.2, 0.25) is 0 Å². The Hall–Kier alpha value is -1.95. The van der Waals surface area contributed by atoms with Gasteiger partial charge in [0, 0.05) is 26.2 Å². The lowest BCUT2D eigenvalue weighted by atomic mass is 10.3. The van der Waals surface area contributed by atoms with Gasteiger partial charge in [-0.25, -0.2) is 4.39 Å². The minimum atomic E-state index is -0.256. The molecule has 3 rings (SSSR count). The van der Waals surface area contributed by atoms with Gasteiger partial charge in [0.15, 0.2) is 4.77 Å². The molecule has 0 saturated heterocycles. The summed E-state index contributed by atoms with van der Waals surface area (Å²) >= 11 is 5.28. The molecular weight excluding hydrogens is 263 g/mol. The van der Waals surface area contributed by atoms with Gasteiger partial charge in [-0.3, -0.25) is 4.68 Å². The maximum absolute atomic E-state index is 13.3. The molecule has 0 spiro atoms. The third-order valence-electron chi connectivity index (χ3n) is 3.10. The molecule has 19 heavy (non-hydrogen) atoms. The molecule has 2 heterocycles. The SMILES string of the molecule is Cn1ccc(CCn2c(=S)[nH]c3ccc(F)cc32)n1. The van der Waals surface area contributed by atoms with Crippen LogP contribution < -0.4 is 0 Å². The van der Waals surface area contributed by atoms with Crippen LogP contribution >= 0.6 is 12.2 Å². The van der Waals surface area contributed by atoms with E-state index in [2.05, 4.69) is 10.1 Å². The molecule has 0 saturated carbocycles. The summed E-state index contributed by atoms with van der Waals surface area (Å²) in [5.41, 5.74) is 2.64. The second-order valence-corrected chi connectivity index (χ2v) is 4.86. The summed E-state index contributed by atoms with van der Waals surface area (Å²) in [6.07, 6.45) is 2.67. The van der Waals surface area contributed by atoms with Crippen LogP contribution in [-0.4, -0.2) is 19.3 Å². The third kappa shape index (κ3) is 2.31. The topological polar surface area (TPSA) is 38.5 Å². The maximum atomic E-state index is 13.3. The first-order valence-electron chi connectivity index (χ1n) is 6.00. The molecule has 6 heteroatoms. The third-order valence-corrected chi connectivity index (χ3v) is 3.42. The number of fused-ring (bicyclic) bond motifs is 1. The summed E-state index contributed by atoms with van der Waals surface area (Å²) in [4.78, 5) is 3.08. The second-order valence-electron chi connectivity index (χ2n) is 4.47. The molecule has 0 fully saturated rings. The van der Waals surface area contributed by atoms with Gasteiger partial charge >= 0.3 is 0 Å². The fourth-order valence-electron chi connectivity index (χ4n) is 2.17. The van der Waals surface area contributed by atoms with Crippen LogP contribution in [0.25, 0.3) is 11.0 Å². The smallest absolute Gasteiger partial charge is 0.178 e. The maximum Gasteiger partial charge on any atom is 0.178 e. The molecule has 2 aromatic heterocycles. The fraction of sp³-hybridized carbons (Fsp3) is 0.231. The van der Waals surface area contributed by atoms with Gasteiger partial charge in [0.1, 0.15) is 5.82 Å². The number of rotatable bonds is 3. The average molecular weight is 276 g/mol. The molecule has 0 amide bonds. The normalized spacial score (nSPS) is 11.3. The van der Waals surface area contributed by atoms with E-state index in [0.29, 0.717) is 11.3 Å². The van der Waals surface area contributed by atoms with Crippen LogP contribution in [0.1, 0.15) is 5.69 Å². The van der Waals surface area contributed by atoms with E-state index in [1.807, 2.05) is 23.9 Å². The molecule has 0 radical (unpaired) electrons.